The molecule has 3 heterocycles. The molecule has 0 unspecified atom stereocenters. The van der Waals surface area contributed by atoms with E-state index in [1.54, 1.807) is 12.1 Å². The summed E-state index contributed by atoms with van der Waals surface area (Å²) in [5.41, 5.74) is 1.64. The first-order valence-electron chi connectivity index (χ1n) is 10.5. The molecule has 5 nitrogen and oxygen atoms in total. The Morgan fingerprint density at radius 3 is 2.31 bits per heavy atom. The van der Waals surface area contributed by atoms with Crippen LogP contribution in [0, 0.1) is 17.3 Å². The van der Waals surface area contributed by atoms with E-state index in [-0.39, 0.29) is 28.7 Å². The van der Waals surface area contributed by atoms with Crippen molar-refractivity contribution in [3.8, 4) is 0 Å². The molecule has 2 amide bonds. The number of nitrogens with zero attached hydrogens (tertiary/aromatic N) is 2. The minimum Gasteiger partial charge on any atom is -0.359 e. The van der Waals surface area contributed by atoms with Crippen LogP contribution in [-0.4, -0.2) is 28.5 Å². The molecular weight excluding hydrogens is 447 g/mol. The van der Waals surface area contributed by atoms with Crippen molar-refractivity contribution >= 4 is 52.6 Å². The fourth-order valence-corrected chi connectivity index (χ4v) is 5.47. The van der Waals surface area contributed by atoms with Crippen LogP contribution in [0.2, 0.25) is 10.0 Å². The van der Waals surface area contributed by atoms with Crippen molar-refractivity contribution in [2.24, 2.45) is 17.3 Å². The van der Waals surface area contributed by atoms with E-state index in [1.165, 1.54) is 11.0 Å². The molecule has 32 heavy (non-hydrogen) atoms. The van der Waals surface area contributed by atoms with Crippen molar-refractivity contribution in [1.82, 2.24) is 4.90 Å². The maximum absolute atomic E-state index is 13.7. The average Bonchev–Trinajstić information content (AvgIpc) is 3.22. The van der Waals surface area contributed by atoms with Crippen molar-refractivity contribution in [3.05, 3.63) is 69.8 Å². The number of halogens is 2. The molecule has 2 aromatic carbocycles. The lowest BCUT2D eigenvalue weighted by Crippen LogP contribution is -2.47. The summed E-state index contributed by atoms with van der Waals surface area (Å²) in [6.45, 7) is 5.53. The number of Topliss-reactive ketones (excluding diaryl/α,β-unsaturated/α-hetero) is 1. The van der Waals surface area contributed by atoms with Crippen molar-refractivity contribution in [3.63, 3.8) is 0 Å². The van der Waals surface area contributed by atoms with E-state index >= 15 is 0 Å². The van der Waals surface area contributed by atoms with Gasteiger partial charge in [-0.1, -0.05) is 68.2 Å². The first kappa shape index (κ1) is 21.2. The van der Waals surface area contributed by atoms with Gasteiger partial charge in [0.15, 0.2) is 5.78 Å². The Kier molecular flexibility index (Phi) is 4.77. The number of benzene rings is 2. The van der Waals surface area contributed by atoms with Crippen molar-refractivity contribution in [1.29, 1.82) is 0 Å². The molecule has 0 aliphatic carbocycles. The van der Waals surface area contributed by atoms with Crippen LogP contribution in [0.3, 0.4) is 0 Å². The van der Waals surface area contributed by atoms with Gasteiger partial charge in [0, 0.05) is 11.6 Å². The zero-order valence-corrected chi connectivity index (χ0v) is 19.4. The fraction of sp³-hybridized carbons (Fsp3) is 0.320. The smallest absolute Gasteiger partial charge is 0.240 e. The number of fused-ring (bicyclic) bond motifs is 5. The standard InChI is InChI=1S/C25H22Cl2N2O3/c1-25(2,3)22(30)21-19-18(20-15-7-5-4-6-13(15)10-11-28(20)21)23(31)29(24(19)32)14-8-9-16(26)17(27)12-14/h4-12,18-21H,1-3H3/t18-,19-,20+,21+/m1/s1. The van der Waals surface area contributed by atoms with E-state index < -0.39 is 23.3 Å². The molecule has 0 saturated carbocycles. The highest BCUT2D eigenvalue weighted by atomic mass is 35.5. The third kappa shape index (κ3) is 2.95. The third-order valence-corrected chi connectivity index (χ3v) is 7.37. The summed E-state index contributed by atoms with van der Waals surface area (Å²) < 4.78 is 0. The van der Waals surface area contributed by atoms with Gasteiger partial charge in [-0.2, -0.15) is 0 Å². The van der Waals surface area contributed by atoms with E-state index in [0.717, 1.165) is 11.1 Å². The SMILES string of the molecule is CC(C)(C)C(=O)[C@@H]1[C@@H]2C(=O)N(c3ccc(Cl)c(Cl)c3)C(=O)[C@H]2[C@@H]2c3ccccc3C=CN12. The van der Waals surface area contributed by atoms with E-state index in [4.69, 9.17) is 23.2 Å². The number of anilines is 1. The molecule has 2 aromatic rings. The van der Waals surface area contributed by atoms with E-state index in [2.05, 4.69) is 0 Å². The fourth-order valence-electron chi connectivity index (χ4n) is 5.18. The van der Waals surface area contributed by atoms with Crippen LogP contribution in [-0.2, 0) is 14.4 Å². The lowest BCUT2D eigenvalue weighted by atomic mass is 9.79. The number of hydrogen-bond donors (Lipinski definition) is 0. The predicted octanol–water partition coefficient (Wildman–Crippen LogP) is 5.12. The highest BCUT2D eigenvalue weighted by Gasteiger charge is 2.65. The maximum Gasteiger partial charge on any atom is 0.240 e. The summed E-state index contributed by atoms with van der Waals surface area (Å²) in [7, 11) is 0. The summed E-state index contributed by atoms with van der Waals surface area (Å²) in [6, 6.07) is 11.4. The van der Waals surface area contributed by atoms with Gasteiger partial charge in [0.2, 0.25) is 11.8 Å². The van der Waals surface area contributed by atoms with Crippen LogP contribution >= 0.6 is 23.2 Å². The van der Waals surface area contributed by atoms with Crippen LogP contribution in [0.5, 0.6) is 0 Å². The summed E-state index contributed by atoms with van der Waals surface area (Å²) >= 11 is 12.2. The second-order valence-corrected chi connectivity index (χ2v) is 10.4. The van der Waals surface area contributed by atoms with Crippen LogP contribution in [0.4, 0.5) is 5.69 Å². The molecule has 164 valence electrons. The van der Waals surface area contributed by atoms with Crippen LogP contribution in [0.25, 0.3) is 6.08 Å². The quantitative estimate of drug-likeness (QED) is 0.573. The van der Waals surface area contributed by atoms with E-state index in [9.17, 15) is 14.4 Å². The normalized spacial score (nSPS) is 26.3. The number of amides is 2. The number of carbonyl (C=O) groups excluding carboxylic acids is 3. The Hall–Kier alpha value is -2.63. The third-order valence-electron chi connectivity index (χ3n) is 6.63. The monoisotopic (exact) mass is 468 g/mol. The second kappa shape index (κ2) is 7.19. The Balaban J connectivity index is 1.67. The number of ketones is 1. The molecule has 5 rings (SSSR count). The van der Waals surface area contributed by atoms with Gasteiger partial charge in [-0.25, -0.2) is 4.90 Å². The Morgan fingerprint density at radius 2 is 1.62 bits per heavy atom. The van der Waals surface area contributed by atoms with Crippen LogP contribution < -0.4 is 4.90 Å². The number of hydrogen-bond acceptors (Lipinski definition) is 4. The highest BCUT2D eigenvalue weighted by molar-refractivity contribution is 6.42. The molecule has 3 aliphatic heterocycles. The zero-order valence-electron chi connectivity index (χ0n) is 17.9. The van der Waals surface area contributed by atoms with E-state index in [0.29, 0.717) is 10.7 Å². The molecule has 2 fully saturated rings. The molecule has 2 saturated heterocycles. The molecule has 4 atom stereocenters. The van der Waals surface area contributed by atoms with Crippen LogP contribution in [0.15, 0.2) is 48.7 Å². The van der Waals surface area contributed by atoms with Gasteiger partial charge >= 0.3 is 0 Å². The largest absolute Gasteiger partial charge is 0.359 e. The molecule has 0 aromatic heterocycles. The Labute approximate surface area is 196 Å². The van der Waals surface area contributed by atoms with Gasteiger partial charge in [-0.05, 0) is 35.4 Å². The van der Waals surface area contributed by atoms with Gasteiger partial charge < -0.3 is 4.90 Å². The highest BCUT2D eigenvalue weighted by Crippen LogP contribution is 2.54. The number of rotatable bonds is 2. The molecule has 7 heteroatoms. The maximum atomic E-state index is 13.7. The zero-order chi connectivity index (χ0) is 22.9. The van der Waals surface area contributed by atoms with E-state index in [1.807, 2.05) is 62.2 Å². The minimum absolute atomic E-state index is 0.0591. The minimum atomic E-state index is -0.774. The molecule has 0 radical (unpaired) electrons. The first-order chi connectivity index (χ1) is 15.1. The van der Waals surface area contributed by atoms with Crippen molar-refractivity contribution in [2.75, 3.05) is 4.90 Å². The number of imide groups is 1. The predicted molar refractivity (Wildman–Crippen MR) is 124 cm³/mol. The van der Waals surface area contributed by atoms with Gasteiger partial charge in [0.05, 0.1) is 33.6 Å². The Morgan fingerprint density at radius 1 is 0.938 bits per heavy atom. The van der Waals surface area contributed by atoms with Gasteiger partial charge in [-0.15, -0.1) is 0 Å². The lowest BCUT2D eigenvalue weighted by molar-refractivity contribution is -0.135. The molecule has 3 aliphatic rings. The van der Waals surface area contributed by atoms with Crippen molar-refractivity contribution < 1.29 is 14.4 Å². The molecular formula is C25H22Cl2N2O3. The van der Waals surface area contributed by atoms with Crippen LogP contribution in [0.1, 0.15) is 37.9 Å². The average molecular weight is 469 g/mol. The van der Waals surface area contributed by atoms with Gasteiger partial charge in [0.1, 0.15) is 6.04 Å². The van der Waals surface area contributed by atoms with Gasteiger partial charge in [-0.3, -0.25) is 14.4 Å². The summed E-state index contributed by atoms with van der Waals surface area (Å²) in [5, 5.41) is 0.602. The topological polar surface area (TPSA) is 57.7 Å². The second-order valence-electron chi connectivity index (χ2n) is 9.56. The first-order valence-corrected chi connectivity index (χ1v) is 11.3. The molecule has 0 spiro atoms. The summed E-state index contributed by atoms with van der Waals surface area (Å²) in [6.07, 6.45) is 3.81. The van der Waals surface area contributed by atoms with Crippen molar-refractivity contribution in [2.45, 2.75) is 32.9 Å². The lowest BCUT2D eigenvalue weighted by Gasteiger charge is -2.37. The molecule has 0 N–H and O–H groups in total. The summed E-state index contributed by atoms with van der Waals surface area (Å²) in [4.78, 5) is 44.1. The number of carbonyl (C=O) groups is 3. The van der Waals surface area contributed by atoms with Gasteiger partial charge in [0.25, 0.3) is 0 Å². The molecule has 0 bridgehead atoms. The Bertz CT molecular complexity index is 1200. The summed E-state index contributed by atoms with van der Waals surface area (Å²) in [5.74, 6) is -2.19.